The van der Waals surface area contributed by atoms with Crippen molar-refractivity contribution in [1.82, 2.24) is 10.6 Å². The molecule has 32 heavy (non-hydrogen) atoms. The lowest BCUT2D eigenvalue weighted by Crippen LogP contribution is -2.44. The van der Waals surface area contributed by atoms with Crippen molar-refractivity contribution in [2.24, 2.45) is 4.99 Å². The summed E-state index contributed by atoms with van der Waals surface area (Å²) in [6, 6.07) is 14.9. The van der Waals surface area contributed by atoms with Gasteiger partial charge in [-0.1, -0.05) is 24.3 Å². The van der Waals surface area contributed by atoms with Crippen molar-refractivity contribution < 1.29 is 23.0 Å². The molecule has 1 heterocycles. The summed E-state index contributed by atoms with van der Waals surface area (Å²) in [6.45, 7) is 0.234. The molecule has 1 fully saturated rings. The molecule has 0 bridgehead atoms. The molecule has 1 atom stereocenters. The molecule has 0 saturated carbocycles. The second-order valence-corrected chi connectivity index (χ2v) is 7.33. The summed E-state index contributed by atoms with van der Waals surface area (Å²) in [4.78, 5) is 6.35. The topological polar surface area (TPSA) is 67.4 Å². The van der Waals surface area contributed by atoms with Crippen molar-refractivity contribution in [3.63, 3.8) is 0 Å². The Morgan fingerprint density at radius 1 is 1.16 bits per heavy atom. The number of alkyl halides is 2. The lowest BCUT2D eigenvalue weighted by atomic mass is 10.2. The van der Waals surface area contributed by atoms with Crippen LogP contribution in [0.25, 0.3) is 0 Å². The number of methoxy groups -OCH3 is 1. The third-order valence-corrected chi connectivity index (χ3v) is 5.11. The highest BCUT2D eigenvalue weighted by Gasteiger charge is 2.26. The molecule has 1 aliphatic rings. The van der Waals surface area contributed by atoms with E-state index in [0.29, 0.717) is 38.0 Å². The van der Waals surface area contributed by atoms with E-state index < -0.39 is 6.61 Å². The third kappa shape index (κ3) is 6.98. The fourth-order valence-electron chi connectivity index (χ4n) is 3.53. The lowest BCUT2D eigenvalue weighted by molar-refractivity contribution is -0.0495. The van der Waals surface area contributed by atoms with Crippen LogP contribution in [-0.4, -0.2) is 59.1 Å². The van der Waals surface area contributed by atoms with E-state index in [0.717, 1.165) is 24.3 Å². The average molecular weight is 449 g/mol. The molecule has 1 aliphatic heterocycles. The fourth-order valence-corrected chi connectivity index (χ4v) is 3.53. The van der Waals surface area contributed by atoms with Gasteiger partial charge in [-0.2, -0.15) is 8.78 Å². The molecule has 2 aromatic carbocycles. The van der Waals surface area contributed by atoms with Gasteiger partial charge in [0.05, 0.1) is 12.3 Å². The maximum absolute atomic E-state index is 12.7. The molecule has 7 nitrogen and oxygen atoms in total. The van der Waals surface area contributed by atoms with Gasteiger partial charge in [0.1, 0.15) is 18.1 Å². The minimum Gasteiger partial charge on any atom is -0.491 e. The Bertz CT molecular complexity index is 865. The summed E-state index contributed by atoms with van der Waals surface area (Å²) in [6.07, 6.45) is 0.858. The molecule has 2 N–H and O–H groups in total. The first kappa shape index (κ1) is 23.6. The highest BCUT2D eigenvalue weighted by Crippen LogP contribution is 2.31. The van der Waals surface area contributed by atoms with Crippen LogP contribution in [0.5, 0.6) is 11.5 Å². The number of nitrogens with zero attached hydrogens (tertiary/aromatic N) is 2. The van der Waals surface area contributed by atoms with Crippen molar-refractivity contribution in [1.29, 1.82) is 0 Å². The number of ether oxygens (including phenoxy) is 3. The largest absolute Gasteiger partial charge is 0.491 e. The first-order valence-electron chi connectivity index (χ1n) is 10.6. The predicted molar refractivity (Wildman–Crippen MR) is 121 cm³/mol. The van der Waals surface area contributed by atoms with Crippen LogP contribution < -0.4 is 25.0 Å². The Morgan fingerprint density at radius 3 is 2.66 bits per heavy atom. The fraction of sp³-hybridized carbons (Fsp3) is 0.435. The SMILES string of the molecule is CN=C(NCc1ccc(OCCOC)cc1)NC1CCN(c2ccccc2OC(F)F)C1. The van der Waals surface area contributed by atoms with Gasteiger partial charge in [0.25, 0.3) is 0 Å². The summed E-state index contributed by atoms with van der Waals surface area (Å²) in [5.74, 6) is 1.69. The Morgan fingerprint density at radius 2 is 1.94 bits per heavy atom. The van der Waals surface area contributed by atoms with Gasteiger partial charge in [0.15, 0.2) is 5.96 Å². The van der Waals surface area contributed by atoms with Crippen LogP contribution in [0.4, 0.5) is 14.5 Å². The number of nitrogens with one attached hydrogen (secondary N) is 2. The van der Waals surface area contributed by atoms with Crippen LogP contribution in [0.2, 0.25) is 0 Å². The number of rotatable bonds is 10. The standard InChI is InChI=1S/C23H30F2N4O3/c1-26-23(27-15-17-7-9-19(10-8-17)31-14-13-30-2)28-18-11-12-29(16-18)20-5-3-4-6-21(20)32-22(24)25/h3-10,18,22H,11-16H2,1-2H3,(H2,26,27,28). The van der Waals surface area contributed by atoms with E-state index in [9.17, 15) is 8.78 Å². The molecule has 174 valence electrons. The number of guanidine groups is 1. The van der Waals surface area contributed by atoms with Crippen LogP contribution in [0, 0.1) is 0 Å². The number of benzene rings is 2. The first-order chi connectivity index (χ1) is 15.6. The predicted octanol–water partition coefficient (Wildman–Crippen LogP) is 3.26. The molecule has 0 aliphatic carbocycles. The van der Waals surface area contributed by atoms with Gasteiger partial charge in [-0.3, -0.25) is 4.99 Å². The van der Waals surface area contributed by atoms with Crippen LogP contribution in [0.3, 0.4) is 0 Å². The lowest BCUT2D eigenvalue weighted by Gasteiger charge is -2.22. The molecule has 0 spiro atoms. The van der Waals surface area contributed by atoms with Crippen molar-refractivity contribution in [2.75, 3.05) is 45.4 Å². The Hall–Kier alpha value is -3.07. The van der Waals surface area contributed by atoms with Gasteiger partial charge >= 0.3 is 6.61 Å². The molecule has 0 aromatic heterocycles. The number of aliphatic imine (C=N–C) groups is 1. The Labute approximate surface area is 187 Å². The van der Waals surface area contributed by atoms with Crippen molar-refractivity contribution in [2.45, 2.75) is 25.6 Å². The molecular weight excluding hydrogens is 418 g/mol. The van der Waals surface area contributed by atoms with Crippen LogP contribution in [-0.2, 0) is 11.3 Å². The molecule has 0 amide bonds. The second kappa shape index (κ2) is 12.1. The average Bonchev–Trinajstić information content (AvgIpc) is 3.26. The van der Waals surface area contributed by atoms with E-state index in [2.05, 4.69) is 20.4 Å². The molecule has 3 rings (SSSR count). The number of hydrogen-bond acceptors (Lipinski definition) is 5. The van der Waals surface area contributed by atoms with Gasteiger partial charge in [-0.25, -0.2) is 0 Å². The molecule has 1 saturated heterocycles. The van der Waals surface area contributed by atoms with Gasteiger partial charge in [-0.15, -0.1) is 0 Å². The molecule has 1 unspecified atom stereocenters. The highest BCUT2D eigenvalue weighted by molar-refractivity contribution is 5.80. The summed E-state index contributed by atoms with van der Waals surface area (Å²) in [7, 11) is 3.36. The molecule has 2 aromatic rings. The van der Waals surface area contributed by atoms with Crippen molar-refractivity contribution in [3.8, 4) is 11.5 Å². The summed E-state index contributed by atoms with van der Waals surface area (Å²) in [5.41, 5.74) is 1.77. The van der Waals surface area contributed by atoms with E-state index in [1.165, 1.54) is 0 Å². The van der Waals surface area contributed by atoms with Gasteiger partial charge in [0, 0.05) is 39.8 Å². The molecule has 9 heteroatoms. The highest BCUT2D eigenvalue weighted by atomic mass is 19.3. The van der Waals surface area contributed by atoms with Gasteiger partial charge in [-0.05, 0) is 36.2 Å². The zero-order chi connectivity index (χ0) is 22.8. The number of halogens is 2. The number of hydrogen-bond donors (Lipinski definition) is 2. The normalized spacial score (nSPS) is 16.3. The second-order valence-electron chi connectivity index (χ2n) is 7.33. The maximum atomic E-state index is 12.7. The van der Waals surface area contributed by atoms with Crippen LogP contribution in [0.1, 0.15) is 12.0 Å². The minimum atomic E-state index is -2.85. The zero-order valence-electron chi connectivity index (χ0n) is 18.4. The summed E-state index contributed by atoms with van der Waals surface area (Å²) >= 11 is 0. The van der Waals surface area contributed by atoms with Crippen LogP contribution >= 0.6 is 0 Å². The number of anilines is 1. The van der Waals surface area contributed by atoms with Crippen molar-refractivity contribution >= 4 is 11.6 Å². The van der Waals surface area contributed by atoms with Gasteiger partial charge in [0.2, 0.25) is 0 Å². The van der Waals surface area contributed by atoms with E-state index in [-0.39, 0.29) is 11.8 Å². The minimum absolute atomic E-state index is 0.136. The molecule has 0 radical (unpaired) electrons. The monoisotopic (exact) mass is 448 g/mol. The van der Waals surface area contributed by atoms with Gasteiger partial charge < -0.3 is 29.7 Å². The molecular formula is C23H30F2N4O3. The van der Waals surface area contributed by atoms with E-state index in [1.54, 1.807) is 32.4 Å². The quantitative estimate of drug-likeness (QED) is 0.330. The Balaban J connectivity index is 1.49. The van der Waals surface area contributed by atoms with Crippen molar-refractivity contribution in [3.05, 3.63) is 54.1 Å². The maximum Gasteiger partial charge on any atom is 0.387 e. The van der Waals surface area contributed by atoms with E-state index in [4.69, 9.17) is 9.47 Å². The number of para-hydroxylation sites is 2. The summed E-state index contributed by atoms with van der Waals surface area (Å²) < 4.78 is 40.6. The van der Waals surface area contributed by atoms with E-state index >= 15 is 0 Å². The van der Waals surface area contributed by atoms with E-state index in [1.807, 2.05) is 35.2 Å². The summed E-state index contributed by atoms with van der Waals surface area (Å²) in [5, 5.41) is 6.72. The first-order valence-corrected chi connectivity index (χ1v) is 10.6. The third-order valence-electron chi connectivity index (χ3n) is 5.11. The smallest absolute Gasteiger partial charge is 0.387 e. The van der Waals surface area contributed by atoms with Crippen LogP contribution in [0.15, 0.2) is 53.5 Å². The Kier molecular flexibility index (Phi) is 8.91. The zero-order valence-corrected chi connectivity index (χ0v) is 18.4.